The van der Waals surface area contributed by atoms with E-state index in [1.165, 1.54) is 38.4 Å². The lowest BCUT2D eigenvalue weighted by molar-refractivity contribution is -0.115. The van der Waals surface area contributed by atoms with Crippen LogP contribution in [0.15, 0.2) is 26.4 Å². The van der Waals surface area contributed by atoms with E-state index >= 15 is 0 Å². The van der Waals surface area contributed by atoms with Crippen LogP contribution in [0.5, 0.6) is 0 Å². The van der Waals surface area contributed by atoms with E-state index in [1.807, 2.05) is 6.92 Å². The predicted molar refractivity (Wildman–Crippen MR) is 105 cm³/mol. The molecular formula is C20H30N4O3. The van der Waals surface area contributed by atoms with Gasteiger partial charge in [-0.3, -0.25) is 10.1 Å². The zero-order valence-electron chi connectivity index (χ0n) is 16.6. The van der Waals surface area contributed by atoms with Crippen molar-refractivity contribution in [2.45, 2.75) is 78.6 Å². The Morgan fingerprint density at radius 2 is 1.67 bits per heavy atom. The molecule has 0 atom stereocenters. The van der Waals surface area contributed by atoms with Gasteiger partial charge < -0.3 is 8.83 Å². The van der Waals surface area contributed by atoms with Gasteiger partial charge in [0.05, 0.1) is 17.8 Å². The number of aryl methyl sites for hydroxylation is 2. The van der Waals surface area contributed by atoms with E-state index in [4.69, 9.17) is 8.83 Å². The number of carbonyl (C=O) groups excluding carboxylic acids is 1. The second-order valence-electron chi connectivity index (χ2n) is 6.84. The van der Waals surface area contributed by atoms with Crippen LogP contribution in [-0.2, 0) is 4.79 Å². The third-order valence-corrected chi connectivity index (χ3v) is 4.16. The van der Waals surface area contributed by atoms with Crippen molar-refractivity contribution in [1.29, 1.82) is 0 Å². The molecule has 1 N–H and O–H groups in total. The first-order chi connectivity index (χ1) is 13.1. The first kappa shape index (κ1) is 20.9. The Hall–Kier alpha value is -2.44. The molecule has 27 heavy (non-hydrogen) atoms. The van der Waals surface area contributed by atoms with E-state index in [9.17, 15) is 4.79 Å². The summed E-state index contributed by atoms with van der Waals surface area (Å²) >= 11 is 0. The summed E-state index contributed by atoms with van der Waals surface area (Å²) in [7, 11) is 0. The number of amides is 1. The average Bonchev–Trinajstić information content (AvgIpc) is 3.21. The number of hydrogen-bond donors (Lipinski definition) is 1. The Morgan fingerprint density at radius 3 is 2.30 bits per heavy atom. The van der Waals surface area contributed by atoms with Gasteiger partial charge in [0.25, 0.3) is 0 Å². The molecule has 0 saturated heterocycles. The molecule has 7 nitrogen and oxygen atoms in total. The van der Waals surface area contributed by atoms with Crippen molar-refractivity contribution in [3.8, 4) is 0 Å². The van der Waals surface area contributed by atoms with Gasteiger partial charge in [-0.25, -0.2) is 4.99 Å². The van der Waals surface area contributed by atoms with Gasteiger partial charge in [-0.05, 0) is 26.7 Å². The second-order valence-corrected chi connectivity index (χ2v) is 6.84. The minimum Gasteiger partial charge on any atom is -0.432 e. The molecule has 1 amide bonds. The number of aliphatic imine (C=N–C) groups is 1. The summed E-state index contributed by atoms with van der Waals surface area (Å²) in [5.41, 5.74) is 2.24. The van der Waals surface area contributed by atoms with Gasteiger partial charge in [0.1, 0.15) is 12.5 Å². The predicted octanol–water partition coefficient (Wildman–Crippen LogP) is 5.52. The topological polar surface area (TPSA) is 93.5 Å². The van der Waals surface area contributed by atoms with Gasteiger partial charge in [0.2, 0.25) is 5.91 Å². The molecular weight excluding hydrogens is 344 g/mol. The van der Waals surface area contributed by atoms with Crippen LogP contribution in [0.2, 0.25) is 0 Å². The van der Waals surface area contributed by atoms with Crippen molar-refractivity contribution in [3.63, 3.8) is 0 Å². The highest BCUT2D eigenvalue weighted by molar-refractivity contribution is 6.06. The number of oxazole rings is 2. The zero-order valence-corrected chi connectivity index (χ0v) is 16.6. The Balaban J connectivity index is 1.87. The van der Waals surface area contributed by atoms with E-state index < -0.39 is 0 Å². The Bertz CT molecular complexity index is 733. The fourth-order valence-electron chi connectivity index (χ4n) is 2.76. The summed E-state index contributed by atoms with van der Waals surface area (Å²) in [5, 5.41) is 2.66. The maximum Gasteiger partial charge on any atom is 0.321 e. The quantitative estimate of drug-likeness (QED) is 0.390. The van der Waals surface area contributed by atoms with Crippen LogP contribution in [-0.4, -0.2) is 21.6 Å². The second kappa shape index (κ2) is 11.3. The number of rotatable bonds is 12. The number of hydrogen-bond acceptors (Lipinski definition) is 6. The molecule has 0 spiro atoms. The minimum atomic E-state index is -0.207. The SMILES string of the molecule is CCCCCCCCC/C(CC(=O)Nc1nc(C)co1)=N/c1nc(C)co1. The smallest absolute Gasteiger partial charge is 0.321 e. The van der Waals surface area contributed by atoms with Crippen molar-refractivity contribution in [2.75, 3.05) is 5.32 Å². The minimum absolute atomic E-state index is 0.165. The van der Waals surface area contributed by atoms with Crippen molar-refractivity contribution >= 4 is 23.6 Å². The number of carbonyl (C=O) groups is 1. The van der Waals surface area contributed by atoms with Crippen LogP contribution >= 0.6 is 0 Å². The van der Waals surface area contributed by atoms with Crippen LogP contribution in [0.3, 0.4) is 0 Å². The summed E-state index contributed by atoms with van der Waals surface area (Å²) in [6.45, 7) is 5.87. The van der Waals surface area contributed by atoms with E-state index in [0.29, 0.717) is 6.01 Å². The largest absolute Gasteiger partial charge is 0.432 e. The fourth-order valence-corrected chi connectivity index (χ4v) is 2.76. The van der Waals surface area contributed by atoms with Gasteiger partial charge in [-0.1, -0.05) is 45.4 Å². The molecule has 2 aromatic heterocycles. The monoisotopic (exact) mass is 374 g/mol. The molecule has 2 rings (SSSR count). The highest BCUT2D eigenvalue weighted by atomic mass is 16.4. The molecule has 7 heteroatoms. The van der Waals surface area contributed by atoms with E-state index in [1.54, 1.807) is 13.2 Å². The molecule has 0 saturated carbocycles. The lowest BCUT2D eigenvalue weighted by Gasteiger charge is -2.06. The lowest BCUT2D eigenvalue weighted by Crippen LogP contribution is -2.16. The summed E-state index contributed by atoms with van der Waals surface area (Å²) in [4.78, 5) is 25.0. The van der Waals surface area contributed by atoms with Gasteiger partial charge in [-0.2, -0.15) is 9.97 Å². The van der Waals surface area contributed by atoms with E-state index in [-0.39, 0.29) is 18.3 Å². The van der Waals surface area contributed by atoms with E-state index in [0.717, 1.165) is 36.4 Å². The summed E-state index contributed by atoms with van der Waals surface area (Å²) in [6, 6.07) is 0.505. The van der Waals surface area contributed by atoms with Crippen LogP contribution in [0.25, 0.3) is 0 Å². The fraction of sp³-hybridized carbons (Fsp3) is 0.600. The number of nitrogens with zero attached hydrogens (tertiary/aromatic N) is 3. The molecule has 0 aliphatic rings. The number of unbranched alkanes of at least 4 members (excludes halogenated alkanes) is 6. The summed E-state index contributed by atoms with van der Waals surface area (Å²) < 4.78 is 10.5. The Kier molecular flexibility index (Phi) is 8.74. The summed E-state index contributed by atoms with van der Waals surface area (Å²) in [5.74, 6) is -0.207. The van der Waals surface area contributed by atoms with Crippen molar-refractivity contribution in [3.05, 3.63) is 23.9 Å². The normalized spacial score (nSPS) is 11.7. The molecule has 0 aliphatic heterocycles. The first-order valence-electron chi connectivity index (χ1n) is 9.77. The lowest BCUT2D eigenvalue weighted by atomic mass is 10.1. The van der Waals surface area contributed by atoms with Gasteiger partial charge in [0, 0.05) is 5.71 Å². The van der Waals surface area contributed by atoms with Crippen molar-refractivity contribution in [2.24, 2.45) is 4.99 Å². The molecule has 2 heterocycles. The van der Waals surface area contributed by atoms with Crippen LogP contribution < -0.4 is 5.32 Å². The first-order valence-corrected chi connectivity index (χ1v) is 9.77. The molecule has 0 unspecified atom stereocenters. The van der Waals surface area contributed by atoms with Crippen LogP contribution in [0.1, 0.15) is 76.1 Å². The highest BCUT2D eigenvalue weighted by Gasteiger charge is 2.12. The maximum atomic E-state index is 12.3. The number of nitrogens with one attached hydrogen (secondary N) is 1. The highest BCUT2D eigenvalue weighted by Crippen LogP contribution is 2.16. The number of anilines is 1. The van der Waals surface area contributed by atoms with Gasteiger partial charge in [0.15, 0.2) is 0 Å². The molecule has 148 valence electrons. The molecule has 0 radical (unpaired) electrons. The standard InChI is InChI=1S/C20H30N4O3/c1-4-5-6-7-8-9-10-11-17(23-19-21-15(2)13-26-19)12-18(25)24-20-22-16(3)14-27-20/h13-14H,4-12H2,1-3H3,(H,22,24,25)/b23-17-. The van der Waals surface area contributed by atoms with Crippen molar-refractivity contribution < 1.29 is 13.6 Å². The molecule has 0 aromatic carbocycles. The molecule has 0 fully saturated rings. The molecule has 2 aromatic rings. The van der Waals surface area contributed by atoms with Crippen LogP contribution in [0, 0.1) is 13.8 Å². The van der Waals surface area contributed by atoms with E-state index in [2.05, 4.69) is 27.2 Å². The van der Waals surface area contributed by atoms with Crippen LogP contribution in [0.4, 0.5) is 12.0 Å². The third kappa shape index (κ3) is 8.19. The maximum absolute atomic E-state index is 12.3. The molecule has 0 bridgehead atoms. The third-order valence-electron chi connectivity index (χ3n) is 4.16. The number of aromatic nitrogens is 2. The average molecular weight is 374 g/mol. The zero-order chi connectivity index (χ0) is 19.5. The van der Waals surface area contributed by atoms with Gasteiger partial charge in [-0.15, -0.1) is 0 Å². The van der Waals surface area contributed by atoms with Gasteiger partial charge >= 0.3 is 12.0 Å². The Morgan fingerprint density at radius 1 is 1.00 bits per heavy atom. The molecule has 0 aliphatic carbocycles. The summed E-state index contributed by atoms with van der Waals surface area (Å²) in [6.07, 6.45) is 12.4. The Labute approximate surface area is 160 Å². The van der Waals surface area contributed by atoms with Crippen molar-refractivity contribution in [1.82, 2.24) is 9.97 Å².